The van der Waals surface area contributed by atoms with Crippen molar-refractivity contribution >= 4 is 0 Å². The van der Waals surface area contributed by atoms with Gasteiger partial charge in [-0.05, 0) is 64.2 Å². The van der Waals surface area contributed by atoms with Crippen molar-refractivity contribution in [3.05, 3.63) is 0 Å². The fourth-order valence-corrected chi connectivity index (χ4v) is 2.68. The first kappa shape index (κ1) is 11.4. The van der Waals surface area contributed by atoms with E-state index in [0.29, 0.717) is 0 Å². The topological polar surface area (TPSA) is 15.3 Å². The van der Waals surface area contributed by atoms with Crippen molar-refractivity contribution in [1.82, 2.24) is 10.2 Å². The summed E-state index contributed by atoms with van der Waals surface area (Å²) in [4.78, 5) is 2.62. The van der Waals surface area contributed by atoms with Gasteiger partial charge in [-0.2, -0.15) is 0 Å². The molecule has 0 aromatic heterocycles. The molecule has 0 aromatic rings. The number of hydrogen-bond acceptors (Lipinski definition) is 2. The van der Waals surface area contributed by atoms with Gasteiger partial charge >= 0.3 is 0 Å². The second-order valence-electron chi connectivity index (χ2n) is 5.32. The van der Waals surface area contributed by atoms with E-state index in [9.17, 15) is 0 Å². The Morgan fingerprint density at radius 3 is 2.40 bits per heavy atom. The standard InChI is InChI=1S/C13H26N2/c1-2-8-15-9-6-12(7-10-15)11-14-13-4-3-5-13/h12-14H,2-11H2,1H3. The first-order chi connectivity index (χ1) is 7.38. The van der Waals surface area contributed by atoms with Crippen LogP contribution in [0, 0.1) is 5.92 Å². The summed E-state index contributed by atoms with van der Waals surface area (Å²) in [5.41, 5.74) is 0. The molecule has 2 aliphatic rings. The van der Waals surface area contributed by atoms with E-state index in [0.717, 1.165) is 12.0 Å². The van der Waals surface area contributed by atoms with Crippen LogP contribution in [0.2, 0.25) is 0 Å². The van der Waals surface area contributed by atoms with Crippen molar-refractivity contribution in [2.75, 3.05) is 26.2 Å². The largest absolute Gasteiger partial charge is 0.314 e. The molecule has 2 rings (SSSR count). The van der Waals surface area contributed by atoms with Crippen LogP contribution in [-0.2, 0) is 0 Å². The van der Waals surface area contributed by atoms with E-state index in [1.54, 1.807) is 0 Å². The average Bonchev–Trinajstić information content (AvgIpc) is 2.19. The van der Waals surface area contributed by atoms with Crippen molar-refractivity contribution in [3.63, 3.8) is 0 Å². The molecule has 1 N–H and O–H groups in total. The van der Waals surface area contributed by atoms with E-state index < -0.39 is 0 Å². The molecule has 0 atom stereocenters. The molecule has 0 radical (unpaired) electrons. The van der Waals surface area contributed by atoms with Crippen LogP contribution in [0.5, 0.6) is 0 Å². The number of piperidine rings is 1. The summed E-state index contributed by atoms with van der Waals surface area (Å²) in [6, 6.07) is 0.874. The van der Waals surface area contributed by atoms with Crippen molar-refractivity contribution in [2.45, 2.75) is 51.5 Å². The fourth-order valence-electron chi connectivity index (χ4n) is 2.68. The zero-order valence-corrected chi connectivity index (χ0v) is 10.2. The Balaban J connectivity index is 1.56. The Morgan fingerprint density at radius 1 is 1.13 bits per heavy atom. The lowest BCUT2D eigenvalue weighted by molar-refractivity contribution is 0.175. The predicted molar refractivity (Wildman–Crippen MR) is 65.1 cm³/mol. The van der Waals surface area contributed by atoms with Gasteiger partial charge in [-0.3, -0.25) is 0 Å². The quantitative estimate of drug-likeness (QED) is 0.749. The molecule has 2 heteroatoms. The Labute approximate surface area is 94.4 Å². The minimum atomic E-state index is 0.874. The second-order valence-corrected chi connectivity index (χ2v) is 5.32. The van der Waals surface area contributed by atoms with E-state index >= 15 is 0 Å². The van der Waals surface area contributed by atoms with Gasteiger partial charge in [0.05, 0.1) is 0 Å². The summed E-state index contributed by atoms with van der Waals surface area (Å²) < 4.78 is 0. The maximum absolute atomic E-state index is 3.72. The van der Waals surface area contributed by atoms with Gasteiger partial charge in [0.25, 0.3) is 0 Å². The van der Waals surface area contributed by atoms with Crippen LogP contribution in [0.4, 0.5) is 0 Å². The smallest absolute Gasteiger partial charge is 0.00671 e. The molecule has 1 saturated heterocycles. The van der Waals surface area contributed by atoms with Gasteiger partial charge in [0.1, 0.15) is 0 Å². The van der Waals surface area contributed by atoms with Gasteiger partial charge in [0, 0.05) is 6.04 Å². The van der Waals surface area contributed by atoms with E-state index in [2.05, 4.69) is 17.1 Å². The van der Waals surface area contributed by atoms with E-state index in [1.807, 2.05) is 0 Å². The Bertz CT molecular complexity index is 169. The molecule has 0 amide bonds. The predicted octanol–water partition coefficient (Wildman–Crippen LogP) is 2.25. The van der Waals surface area contributed by atoms with Crippen LogP contribution >= 0.6 is 0 Å². The number of hydrogen-bond donors (Lipinski definition) is 1. The highest BCUT2D eigenvalue weighted by Crippen LogP contribution is 2.21. The molecule has 0 bridgehead atoms. The maximum Gasteiger partial charge on any atom is 0.00671 e. The van der Waals surface area contributed by atoms with Crippen LogP contribution in [-0.4, -0.2) is 37.1 Å². The van der Waals surface area contributed by atoms with Gasteiger partial charge in [0.15, 0.2) is 0 Å². The summed E-state index contributed by atoms with van der Waals surface area (Å²) in [6.07, 6.45) is 8.44. The zero-order valence-electron chi connectivity index (χ0n) is 10.2. The Morgan fingerprint density at radius 2 is 1.87 bits per heavy atom. The highest BCUT2D eigenvalue weighted by Gasteiger charge is 2.21. The molecule has 0 aromatic carbocycles. The number of nitrogens with zero attached hydrogens (tertiary/aromatic N) is 1. The van der Waals surface area contributed by atoms with Crippen LogP contribution < -0.4 is 5.32 Å². The molecule has 1 saturated carbocycles. The first-order valence-electron chi connectivity index (χ1n) is 6.84. The minimum Gasteiger partial charge on any atom is -0.314 e. The average molecular weight is 210 g/mol. The van der Waals surface area contributed by atoms with Crippen molar-refractivity contribution in [3.8, 4) is 0 Å². The summed E-state index contributed by atoms with van der Waals surface area (Å²) in [5, 5.41) is 3.72. The highest BCUT2D eigenvalue weighted by atomic mass is 15.1. The molecule has 2 fully saturated rings. The van der Waals surface area contributed by atoms with Gasteiger partial charge < -0.3 is 10.2 Å². The van der Waals surface area contributed by atoms with Gasteiger partial charge in [-0.15, -0.1) is 0 Å². The molecular formula is C13H26N2. The Kier molecular flexibility index (Phi) is 4.45. The molecule has 15 heavy (non-hydrogen) atoms. The summed E-state index contributed by atoms with van der Waals surface area (Å²) in [5.74, 6) is 0.957. The summed E-state index contributed by atoms with van der Waals surface area (Å²) in [7, 11) is 0. The second kappa shape index (κ2) is 5.86. The molecule has 0 spiro atoms. The summed E-state index contributed by atoms with van der Waals surface area (Å²) in [6.45, 7) is 7.55. The molecule has 1 aliphatic heterocycles. The zero-order chi connectivity index (χ0) is 10.5. The third kappa shape index (κ3) is 3.46. The van der Waals surface area contributed by atoms with E-state index in [-0.39, 0.29) is 0 Å². The fraction of sp³-hybridized carbons (Fsp3) is 1.00. The van der Waals surface area contributed by atoms with Crippen LogP contribution in [0.25, 0.3) is 0 Å². The number of rotatable bonds is 5. The highest BCUT2D eigenvalue weighted by molar-refractivity contribution is 4.79. The molecule has 2 nitrogen and oxygen atoms in total. The normalized spacial score (nSPS) is 25.4. The molecule has 1 aliphatic carbocycles. The molecule has 1 heterocycles. The number of likely N-dealkylation sites (tertiary alicyclic amines) is 1. The number of nitrogens with one attached hydrogen (secondary N) is 1. The van der Waals surface area contributed by atoms with E-state index in [4.69, 9.17) is 0 Å². The van der Waals surface area contributed by atoms with Gasteiger partial charge in [-0.1, -0.05) is 13.3 Å². The van der Waals surface area contributed by atoms with Crippen molar-refractivity contribution < 1.29 is 0 Å². The van der Waals surface area contributed by atoms with E-state index in [1.165, 1.54) is 64.7 Å². The summed E-state index contributed by atoms with van der Waals surface area (Å²) >= 11 is 0. The minimum absolute atomic E-state index is 0.874. The van der Waals surface area contributed by atoms with Gasteiger partial charge in [0.2, 0.25) is 0 Å². The lowest BCUT2D eigenvalue weighted by atomic mass is 9.91. The lowest BCUT2D eigenvalue weighted by Gasteiger charge is -2.34. The maximum atomic E-state index is 3.72. The van der Waals surface area contributed by atoms with Crippen LogP contribution in [0.1, 0.15) is 45.4 Å². The first-order valence-corrected chi connectivity index (χ1v) is 6.84. The van der Waals surface area contributed by atoms with Crippen molar-refractivity contribution in [1.29, 1.82) is 0 Å². The lowest BCUT2D eigenvalue weighted by Crippen LogP contribution is -2.42. The molecule has 88 valence electrons. The van der Waals surface area contributed by atoms with Gasteiger partial charge in [-0.25, -0.2) is 0 Å². The molecular weight excluding hydrogens is 184 g/mol. The Hall–Kier alpha value is -0.0800. The third-order valence-corrected chi connectivity index (χ3v) is 4.05. The SMILES string of the molecule is CCCN1CCC(CNC2CCC2)CC1. The van der Waals surface area contributed by atoms with Crippen molar-refractivity contribution in [2.24, 2.45) is 5.92 Å². The van der Waals surface area contributed by atoms with Crippen LogP contribution in [0.3, 0.4) is 0 Å². The third-order valence-electron chi connectivity index (χ3n) is 4.05. The molecule has 0 unspecified atom stereocenters. The monoisotopic (exact) mass is 210 g/mol. The van der Waals surface area contributed by atoms with Crippen LogP contribution in [0.15, 0.2) is 0 Å².